The Labute approximate surface area is 126 Å². The van der Waals surface area contributed by atoms with Crippen LogP contribution >= 0.6 is 0 Å². The quantitative estimate of drug-likeness (QED) is 0.749. The fraction of sp³-hybridized carbons (Fsp3) is 0.333. The van der Waals surface area contributed by atoms with Crippen LogP contribution in [0.1, 0.15) is 18.1 Å². The Kier molecular flexibility index (Phi) is 6.25. The van der Waals surface area contributed by atoms with Crippen LogP contribution in [0.4, 0.5) is 0 Å². The molecular formula is C18H23NO2. The smallest absolute Gasteiger partial charge is 0.130 e. The van der Waals surface area contributed by atoms with E-state index in [2.05, 4.69) is 30.4 Å². The third-order valence-corrected chi connectivity index (χ3v) is 3.32. The summed E-state index contributed by atoms with van der Waals surface area (Å²) < 4.78 is 11.0. The summed E-state index contributed by atoms with van der Waals surface area (Å²) in [6.45, 7) is 4.57. The summed E-state index contributed by atoms with van der Waals surface area (Å²) in [7, 11) is 1.71. The van der Waals surface area contributed by atoms with Gasteiger partial charge in [0.15, 0.2) is 0 Å². The van der Waals surface area contributed by atoms with E-state index in [1.165, 1.54) is 11.1 Å². The summed E-state index contributed by atoms with van der Waals surface area (Å²) in [5, 5.41) is 3.32. The Morgan fingerprint density at radius 1 is 1.00 bits per heavy atom. The number of para-hydroxylation sites is 1. The van der Waals surface area contributed by atoms with E-state index in [0.29, 0.717) is 0 Å². The summed E-state index contributed by atoms with van der Waals surface area (Å²) in [6, 6.07) is 16.4. The van der Waals surface area contributed by atoms with Crippen molar-refractivity contribution in [3.63, 3.8) is 0 Å². The molecule has 0 amide bonds. The van der Waals surface area contributed by atoms with Crippen molar-refractivity contribution in [1.82, 2.24) is 5.32 Å². The van der Waals surface area contributed by atoms with Crippen LogP contribution in [0.3, 0.4) is 0 Å². The third-order valence-electron chi connectivity index (χ3n) is 3.32. The maximum absolute atomic E-state index is 5.96. The Morgan fingerprint density at radius 3 is 2.48 bits per heavy atom. The monoisotopic (exact) mass is 285 g/mol. The highest BCUT2D eigenvalue weighted by Gasteiger charge is 2.02. The summed E-state index contributed by atoms with van der Waals surface area (Å²) >= 11 is 0. The van der Waals surface area contributed by atoms with E-state index in [1.54, 1.807) is 7.11 Å². The van der Waals surface area contributed by atoms with Gasteiger partial charge in [0.1, 0.15) is 11.5 Å². The van der Waals surface area contributed by atoms with E-state index in [9.17, 15) is 0 Å². The molecule has 0 aliphatic carbocycles. The first-order valence-electron chi connectivity index (χ1n) is 7.38. The molecular weight excluding hydrogens is 262 g/mol. The lowest BCUT2D eigenvalue weighted by molar-refractivity contribution is 0.199. The van der Waals surface area contributed by atoms with Crippen LogP contribution in [-0.2, 0) is 17.7 Å². The number of benzene rings is 2. The van der Waals surface area contributed by atoms with Gasteiger partial charge >= 0.3 is 0 Å². The van der Waals surface area contributed by atoms with E-state index >= 15 is 0 Å². The number of nitrogens with one attached hydrogen (secondary N) is 1. The van der Waals surface area contributed by atoms with Crippen molar-refractivity contribution in [1.29, 1.82) is 0 Å². The minimum Gasteiger partial charge on any atom is -0.457 e. The lowest BCUT2D eigenvalue weighted by Crippen LogP contribution is -2.18. The standard InChI is InChI=1S/C18H23NO2/c1-3-16-6-4-5-7-18(16)21-17-10-8-15(9-11-17)14-19-12-13-20-2/h4-11,19H,3,12-14H2,1-2H3. The molecule has 0 unspecified atom stereocenters. The average Bonchev–Trinajstić information content (AvgIpc) is 2.54. The zero-order chi connectivity index (χ0) is 14.9. The van der Waals surface area contributed by atoms with Crippen molar-refractivity contribution >= 4 is 0 Å². The number of hydrogen-bond acceptors (Lipinski definition) is 3. The molecule has 0 saturated heterocycles. The van der Waals surface area contributed by atoms with Gasteiger partial charge in [-0.3, -0.25) is 0 Å². The van der Waals surface area contributed by atoms with Crippen LogP contribution in [0, 0.1) is 0 Å². The zero-order valence-electron chi connectivity index (χ0n) is 12.8. The molecule has 0 heterocycles. The van der Waals surface area contributed by atoms with Gasteiger partial charge in [0.05, 0.1) is 6.61 Å². The van der Waals surface area contributed by atoms with E-state index in [-0.39, 0.29) is 0 Å². The minimum absolute atomic E-state index is 0.731. The normalized spacial score (nSPS) is 10.6. The first-order chi connectivity index (χ1) is 10.3. The molecule has 0 aliphatic rings. The second kappa shape index (κ2) is 8.45. The molecule has 0 aromatic heterocycles. The molecule has 0 radical (unpaired) electrons. The number of rotatable bonds is 8. The van der Waals surface area contributed by atoms with Gasteiger partial charge in [-0.15, -0.1) is 0 Å². The SMILES string of the molecule is CCc1ccccc1Oc1ccc(CNCCOC)cc1. The second-order valence-corrected chi connectivity index (χ2v) is 4.88. The first-order valence-corrected chi connectivity index (χ1v) is 7.38. The Morgan fingerprint density at radius 2 is 1.76 bits per heavy atom. The molecule has 21 heavy (non-hydrogen) atoms. The number of ether oxygens (including phenoxy) is 2. The largest absolute Gasteiger partial charge is 0.457 e. The van der Waals surface area contributed by atoms with Crippen LogP contribution in [0.15, 0.2) is 48.5 Å². The van der Waals surface area contributed by atoms with Crippen molar-refractivity contribution in [3.8, 4) is 11.5 Å². The summed E-state index contributed by atoms with van der Waals surface area (Å²) in [4.78, 5) is 0. The Bertz CT molecular complexity index is 537. The van der Waals surface area contributed by atoms with Gasteiger partial charge in [0, 0.05) is 20.2 Å². The van der Waals surface area contributed by atoms with Crippen LogP contribution in [0.25, 0.3) is 0 Å². The van der Waals surface area contributed by atoms with Gasteiger partial charge < -0.3 is 14.8 Å². The van der Waals surface area contributed by atoms with Gasteiger partial charge in [0.25, 0.3) is 0 Å². The second-order valence-electron chi connectivity index (χ2n) is 4.88. The lowest BCUT2D eigenvalue weighted by atomic mass is 10.1. The van der Waals surface area contributed by atoms with Gasteiger partial charge in [-0.25, -0.2) is 0 Å². The number of methoxy groups -OCH3 is 1. The number of hydrogen-bond donors (Lipinski definition) is 1. The van der Waals surface area contributed by atoms with Crippen LogP contribution in [0.5, 0.6) is 11.5 Å². The van der Waals surface area contributed by atoms with Crippen molar-refractivity contribution in [2.45, 2.75) is 19.9 Å². The Balaban J connectivity index is 1.93. The molecule has 0 bridgehead atoms. The molecule has 0 spiro atoms. The highest BCUT2D eigenvalue weighted by Crippen LogP contribution is 2.25. The molecule has 2 rings (SSSR count). The van der Waals surface area contributed by atoms with Crippen molar-refractivity contribution in [2.75, 3.05) is 20.3 Å². The highest BCUT2D eigenvalue weighted by molar-refractivity contribution is 5.38. The highest BCUT2D eigenvalue weighted by atomic mass is 16.5. The first kappa shape index (κ1) is 15.5. The summed E-state index contributed by atoms with van der Waals surface area (Å²) in [6.07, 6.45) is 0.970. The lowest BCUT2D eigenvalue weighted by Gasteiger charge is -2.10. The fourth-order valence-electron chi connectivity index (χ4n) is 2.10. The molecule has 0 aliphatic heterocycles. The van der Waals surface area contributed by atoms with Crippen molar-refractivity contribution in [2.24, 2.45) is 0 Å². The maximum Gasteiger partial charge on any atom is 0.130 e. The zero-order valence-corrected chi connectivity index (χ0v) is 12.8. The summed E-state index contributed by atoms with van der Waals surface area (Å²) in [5.41, 5.74) is 2.46. The van der Waals surface area contributed by atoms with Crippen LogP contribution < -0.4 is 10.1 Å². The van der Waals surface area contributed by atoms with Gasteiger partial charge in [-0.2, -0.15) is 0 Å². The predicted octanol–water partition coefficient (Wildman–Crippen LogP) is 3.78. The maximum atomic E-state index is 5.96. The molecule has 0 fully saturated rings. The van der Waals surface area contributed by atoms with E-state index in [1.807, 2.05) is 30.3 Å². The van der Waals surface area contributed by atoms with Crippen molar-refractivity contribution < 1.29 is 9.47 Å². The molecule has 112 valence electrons. The van der Waals surface area contributed by atoms with E-state index < -0.39 is 0 Å². The van der Waals surface area contributed by atoms with E-state index in [0.717, 1.165) is 37.6 Å². The number of aryl methyl sites for hydroxylation is 1. The molecule has 2 aromatic carbocycles. The molecule has 1 N–H and O–H groups in total. The molecule has 2 aromatic rings. The van der Waals surface area contributed by atoms with E-state index in [4.69, 9.17) is 9.47 Å². The summed E-state index contributed by atoms with van der Waals surface area (Å²) in [5.74, 6) is 1.81. The van der Waals surface area contributed by atoms with Gasteiger partial charge in [-0.1, -0.05) is 37.3 Å². The molecule has 0 atom stereocenters. The van der Waals surface area contributed by atoms with Crippen molar-refractivity contribution in [3.05, 3.63) is 59.7 Å². The minimum atomic E-state index is 0.731. The molecule has 3 heteroatoms. The predicted molar refractivity (Wildman–Crippen MR) is 85.9 cm³/mol. The van der Waals surface area contributed by atoms with Crippen LogP contribution in [-0.4, -0.2) is 20.3 Å². The topological polar surface area (TPSA) is 30.5 Å². The van der Waals surface area contributed by atoms with Gasteiger partial charge in [0.2, 0.25) is 0 Å². The van der Waals surface area contributed by atoms with Gasteiger partial charge in [-0.05, 0) is 35.7 Å². The average molecular weight is 285 g/mol. The molecule has 3 nitrogen and oxygen atoms in total. The fourth-order valence-corrected chi connectivity index (χ4v) is 2.10. The van der Waals surface area contributed by atoms with Crippen LogP contribution in [0.2, 0.25) is 0 Å². The Hall–Kier alpha value is -1.84. The molecule has 0 saturated carbocycles. The third kappa shape index (κ3) is 4.88.